The number of methoxy groups -OCH3 is 1. The molecule has 0 radical (unpaired) electrons. The average molecular weight is 278 g/mol. The maximum absolute atomic E-state index is 5.19. The van der Waals surface area contributed by atoms with Gasteiger partial charge in [-0.05, 0) is 32.6 Å². The van der Waals surface area contributed by atoms with Gasteiger partial charge in [-0.25, -0.2) is 9.97 Å². The third-order valence-corrected chi connectivity index (χ3v) is 3.69. The first-order chi connectivity index (χ1) is 9.74. The minimum Gasteiger partial charge on any atom is -0.377 e. The average Bonchev–Trinajstić information content (AvgIpc) is 2.46. The van der Waals surface area contributed by atoms with Crippen molar-refractivity contribution < 1.29 is 4.74 Å². The molecular weight excluding hydrogens is 252 g/mol. The van der Waals surface area contributed by atoms with Crippen LogP contribution in [0.5, 0.6) is 0 Å². The Morgan fingerprint density at radius 3 is 2.95 bits per heavy atom. The van der Waals surface area contributed by atoms with Crippen LogP contribution in [0.15, 0.2) is 6.07 Å². The normalized spacial score (nSPS) is 19.1. The van der Waals surface area contributed by atoms with Crippen LogP contribution in [-0.4, -0.2) is 36.2 Å². The summed E-state index contributed by atoms with van der Waals surface area (Å²) in [4.78, 5) is 11.6. The lowest BCUT2D eigenvalue weighted by atomic mass is 10.0. The van der Waals surface area contributed by atoms with Gasteiger partial charge in [0.25, 0.3) is 0 Å². The van der Waals surface area contributed by atoms with Crippen LogP contribution in [-0.2, 0) is 11.3 Å². The van der Waals surface area contributed by atoms with Crippen LogP contribution in [0, 0.1) is 0 Å². The van der Waals surface area contributed by atoms with E-state index in [0.717, 1.165) is 37.0 Å². The largest absolute Gasteiger partial charge is 0.377 e. The fraction of sp³-hybridized carbons (Fsp3) is 0.733. The van der Waals surface area contributed by atoms with E-state index in [0.29, 0.717) is 12.6 Å². The van der Waals surface area contributed by atoms with Gasteiger partial charge in [0.1, 0.15) is 18.2 Å². The molecule has 5 nitrogen and oxygen atoms in total. The van der Waals surface area contributed by atoms with Crippen molar-refractivity contribution in [1.82, 2.24) is 9.97 Å². The second-order valence-electron chi connectivity index (χ2n) is 5.43. The molecule has 1 fully saturated rings. The van der Waals surface area contributed by atoms with Crippen LogP contribution in [0.2, 0.25) is 0 Å². The molecule has 0 saturated carbocycles. The second kappa shape index (κ2) is 7.43. The molecule has 0 bridgehead atoms. The lowest BCUT2D eigenvalue weighted by Crippen LogP contribution is -2.38. The minimum atomic E-state index is 0.455. The molecule has 0 spiro atoms. The zero-order valence-corrected chi connectivity index (χ0v) is 12.9. The standard InChI is InChI=1S/C15H26N4O/c1-4-8-16-13-10-15(18-14(17-13)11-20-3)19-9-6-5-7-12(19)2/h10,12H,4-9,11H2,1-3H3,(H,16,17,18). The van der Waals surface area contributed by atoms with E-state index in [4.69, 9.17) is 4.74 Å². The van der Waals surface area contributed by atoms with Gasteiger partial charge in [-0.2, -0.15) is 0 Å². The summed E-state index contributed by atoms with van der Waals surface area (Å²) in [7, 11) is 1.68. The molecule has 0 aromatic carbocycles. The van der Waals surface area contributed by atoms with E-state index in [1.165, 1.54) is 19.3 Å². The molecule has 0 aliphatic carbocycles. The van der Waals surface area contributed by atoms with Gasteiger partial charge < -0.3 is 15.0 Å². The Balaban J connectivity index is 2.22. The van der Waals surface area contributed by atoms with Gasteiger partial charge in [0.15, 0.2) is 5.82 Å². The zero-order valence-electron chi connectivity index (χ0n) is 12.9. The van der Waals surface area contributed by atoms with E-state index in [2.05, 4.69) is 40.1 Å². The lowest BCUT2D eigenvalue weighted by molar-refractivity contribution is 0.178. The van der Waals surface area contributed by atoms with Gasteiger partial charge in [-0.1, -0.05) is 6.92 Å². The van der Waals surface area contributed by atoms with Crippen molar-refractivity contribution in [2.75, 3.05) is 30.4 Å². The SMILES string of the molecule is CCCNc1cc(N2CCCCC2C)nc(COC)n1. The Morgan fingerprint density at radius 2 is 2.25 bits per heavy atom. The highest BCUT2D eigenvalue weighted by molar-refractivity contribution is 5.50. The van der Waals surface area contributed by atoms with Crippen LogP contribution in [0.3, 0.4) is 0 Å². The summed E-state index contributed by atoms with van der Waals surface area (Å²) in [6.07, 6.45) is 4.88. The first kappa shape index (κ1) is 15.0. The summed E-state index contributed by atoms with van der Waals surface area (Å²) < 4.78 is 5.19. The number of anilines is 2. The van der Waals surface area contributed by atoms with Crippen molar-refractivity contribution in [2.45, 2.75) is 52.2 Å². The molecule has 1 aliphatic heterocycles. The molecule has 112 valence electrons. The van der Waals surface area contributed by atoms with Gasteiger partial charge in [0.05, 0.1) is 0 Å². The fourth-order valence-corrected chi connectivity index (χ4v) is 2.61. The molecule has 2 heterocycles. The van der Waals surface area contributed by atoms with Crippen LogP contribution >= 0.6 is 0 Å². The number of rotatable bonds is 6. The molecule has 1 aromatic heterocycles. The highest BCUT2D eigenvalue weighted by Crippen LogP contribution is 2.24. The van der Waals surface area contributed by atoms with Crippen LogP contribution < -0.4 is 10.2 Å². The summed E-state index contributed by atoms with van der Waals surface area (Å²) in [6, 6.07) is 2.62. The number of ether oxygens (including phenoxy) is 1. The lowest BCUT2D eigenvalue weighted by Gasteiger charge is -2.34. The third kappa shape index (κ3) is 3.82. The number of nitrogens with zero attached hydrogens (tertiary/aromatic N) is 3. The van der Waals surface area contributed by atoms with Gasteiger partial charge >= 0.3 is 0 Å². The van der Waals surface area contributed by atoms with E-state index in [1.54, 1.807) is 7.11 Å². The number of aromatic nitrogens is 2. The minimum absolute atomic E-state index is 0.455. The first-order valence-corrected chi connectivity index (χ1v) is 7.62. The number of hydrogen-bond acceptors (Lipinski definition) is 5. The summed E-state index contributed by atoms with van der Waals surface area (Å²) in [5.41, 5.74) is 0. The van der Waals surface area contributed by atoms with E-state index in [-0.39, 0.29) is 0 Å². The Bertz CT molecular complexity index is 424. The van der Waals surface area contributed by atoms with E-state index in [9.17, 15) is 0 Å². The molecular formula is C15H26N4O. The van der Waals surface area contributed by atoms with Crippen LogP contribution in [0.25, 0.3) is 0 Å². The quantitative estimate of drug-likeness (QED) is 0.867. The summed E-state index contributed by atoms with van der Waals surface area (Å²) in [6.45, 7) is 6.89. The van der Waals surface area contributed by atoms with E-state index >= 15 is 0 Å². The summed E-state index contributed by atoms with van der Waals surface area (Å²) in [5, 5.41) is 3.35. The first-order valence-electron chi connectivity index (χ1n) is 7.62. The Kier molecular flexibility index (Phi) is 5.59. The Hall–Kier alpha value is -1.36. The second-order valence-corrected chi connectivity index (χ2v) is 5.43. The van der Waals surface area contributed by atoms with Crippen molar-refractivity contribution in [3.05, 3.63) is 11.9 Å². The van der Waals surface area contributed by atoms with Gasteiger partial charge in [-0.3, -0.25) is 0 Å². The fourth-order valence-electron chi connectivity index (χ4n) is 2.61. The topological polar surface area (TPSA) is 50.3 Å². The van der Waals surface area contributed by atoms with Gasteiger partial charge in [0.2, 0.25) is 0 Å². The molecule has 20 heavy (non-hydrogen) atoms. The van der Waals surface area contributed by atoms with Crippen molar-refractivity contribution in [1.29, 1.82) is 0 Å². The van der Waals surface area contributed by atoms with Crippen molar-refractivity contribution in [3.8, 4) is 0 Å². The summed E-state index contributed by atoms with van der Waals surface area (Å²) in [5.74, 6) is 2.68. The van der Waals surface area contributed by atoms with Gasteiger partial charge in [-0.15, -0.1) is 0 Å². The van der Waals surface area contributed by atoms with E-state index < -0.39 is 0 Å². The number of nitrogens with one attached hydrogen (secondary N) is 1. The maximum atomic E-state index is 5.19. The van der Waals surface area contributed by atoms with Crippen molar-refractivity contribution in [3.63, 3.8) is 0 Å². The number of hydrogen-bond donors (Lipinski definition) is 1. The molecule has 1 aromatic rings. The molecule has 1 unspecified atom stereocenters. The number of piperidine rings is 1. The van der Waals surface area contributed by atoms with Crippen molar-refractivity contribution >= 4 is 11.6 Å². The van der Waals surface area contributed by atoms with Crippen molar-refractivity contribution in [2.24, 2.45) is 0 Å². The highest BCUT2D eigenvalue weighted by Gasteiger charge is 2.20. The van der Waals surface area contributed by atoms with Crippen LogP contribution in [0.1, 0.15) is 45.4 Å². The molecule has 1 atom stereocenters. The molecule has 1 N–H and O–H groups in total. The van der Waals surface area contributed by atoms with Crippen LogP contribution in [0.4, 0.5) is 11.6 Å². The predicted molar refractivity (Wildman–Crippen MR) is 82.2 cm³/mol. The highest BCUT2D eigenvalue weighted by atomic mass is 16.5. The summed E-state index contributed by atoms with van der Waals surface area (Å²) >= 11 is 0. The maximum Gasteiger partial charge on any atom is 0.158 e. The molecule has 2 rings (SSSR count). The molecule has 1 aliphatic rings. The zero-order chi connectivity index (χ0) is 14.4. The monoisotopic (exact) mass is 278 g/mol. The third-order valence-electron chi connectivity index (χ3n) is 3.69. The molecule has 0 amide bonds. The smallest absolute Gasteiger partial charge is 0.158 e. The van der Waals surface area contributed by atoms with Gasteiger partial charge in [0, 0.05) is 32.3 Å². The molecule has 1 saturated heterocycles. The van der Waals surface area contributed by atoms with E-state index in [1.807, 2.05) is 0 Å². The Morgan fingerprint density at radius 1 is 1.40 bits per heavy atom. The predicted octanol–water partition coefficient (Wildman–Crippen LogP) is 2.82. The Labute approximate surface area is 121 Å². The molecule has 5 heteroatoms.